The normalized spacial score (nSPS) is 11.8. The van der Waals surface area contributed by atoms with Gasteiger partial charge in [-0.05, 0) is 75.1 Å². The summed E-state index contributed by atoms with van der Waals surface area (Å²) >= 11 is 0. The van der Waals surface area contributed by atoms with Crippen molar-refractivity contribution < 1.29 is 13.2 Å². The van der Waals surface area contributed by atoms with E-state index in [0.29, 0.717) is 33.9 Å². The van der Waals surface area contributed by atoms with Crippen LogP contribution in [-0.4, -0.2) is 24.5 Å². The summed E-state index contributed by atoms with van der Waals surface area (Å²) in [5, 5.41) is 0. The van der Waals surface area contributed by atoms with Crippen molar-refractivity contribution in [3.8, 4) is 5.75 Å². The van der Waals surface area contributed by atoms with Crippen LogP contribution in [0.1, 0.15) is 39.2 Å². The van der Waals surface area contributed by atoms with Gasteiger partial charge in [-0.1, -0.05) is 35.9 Å². The van der Waals surface area contributed by atoms with Crippen molar-refractivity contribution in [2.75, 3.05) is 7.11 Å². The summed E-state index contributed by atoms with van der Waals surface area (Å²) in [5.41, 5.74) is 6.75. The van der Waals surface area contributed by atoms with Crippen molar-refractivity contribution in [3.05, 3.63) is 87.7 Å². The van der Waals surface area contributed by atoms with Crippen LogP contribution in [0.4, 0.5) is 0 Å². The molecule has 0 aliphatic heterocycles. The van der Waals surface area contributed by atoms with Gasteiger partial charge in [0, 0.05) is 12.0 Å². The Balaban J connectivity index is 2.03. The molecule has 0 unspecified atom stereocenters. The first-order valence-electron chi connectivity index (χ1n) is 10.6. The summed E-state index contributed by atoms with van der Waals surface area (Å²) in [7, 11) is -2.27. The second-order valence-corrected chi connectivity index (χ2v) is 10.2. The van der Waals surface area contributed by atoms with Gasteiger partial charge in [-0.2, -0.15) is 0 Å². The lowest BCUT2D eigenvalue weighted by Gasteiger charge is -2.16. The molecule has 4 aromatic rings. The van der Waals surface area contributed by atoms with Crippen LogP contribution < -0.4 is 4.74 Å². The summed E-state index contributed by atoms with van der Waals surface area (Å²) in [4.78, 5) is 5.12. The molecule has 0 aliphatic carbocycles. The lowest BCUT2D eigenvalue weighted by atomic mass is 10.1. The van der Waals surface area contributed by atoms with Crippen LogP contribution >= 0.6 is 0 Å². The van der Waals surface area contributed by atoms with E-state index in [9.17, 15) is 8.42 Å². The van der Waals surface area contributed by atoms with Gasteiger partial charge in [-0.15, -0.1) is 0 Å². The Labute approximate surface area is 189 Å². The Bertz CT molecular complexity index is 1430. The van der Waals surface area contributed by atoms with Gasteiger partial charge in [0.2, 0.25) is 0 Å². The van der Waals surface area contributed by atoms with E-state index in [1.54, 1.807) is 7.11 Å². The third-order valence-corrected chi connectivity index (χ3v) is 7.99. The molecule has 1 heterocycles. The molecule has 0 amide bonds. The summed E-state index contributed by atoms with van der Waals surface area (Å²) in [6.07, 6.45) is 0.333. The van der Waals surface area contributed by atoms with E-state index in [2.05, 4.69) is 0 Å². The molecule has 0 saturated carbocycles. The van der Waals surface area contributed by atoms with E-state index >= 15 is 0 Å². The lowest BCUT2D eigenvalue weighted by Crippen LogP contribution is -2.19. The third kappa shape index (κ3) is 3.69. The second-order valence-electron chi connectivity index (χ2n) is 8.44. The Morgan fingerprint density at radius 1 is 0.875 bits per heavy atom. The Kier molecular flexibility index (Phi) is 5.59. The van der Waals surface area contributed by atoms with Gasteiger partial charge in [0.15, 0.2) is 0 Å². The number of ether oxygens (including phenoxy) is 1. The van der Waals surface area contributed by atoms with Crippen molar-refractivity contribution in [1.29, 1.82) is 0 Å². The fourth-order valence-electron chi connectivity index (χ4n) is 4.43. The highest BCUT2D eigenvalue weighted by molar-refractivity contribution is 7.90. The van der Waals surface area contributed by atoms with Crippen molar-refractivity contribution >= 4 is 21.1 Å². The number of benzene rings is 3. The molecule has 3 aromatic carbocycles. The van der Waals surface area contributed by atoms with Gasteiger partial charge in [0.05, 0.1) is 23.0 Å². The monoisotopic (exact) mass is 448 g/mol. The predicted octanol–water partition coefficient (Wildman–Crippen LogP) is 5.41. The number of para-hydroxylation sites is 1. The molecule has 0 fully saturated rings. The number of fused-ring (bicyclic) bond motifs is 1. The zero-order valence-corrected chi connectivity index (χ0v) is 20.2. The SMILES string of the molecule is COc1ccccc1Cc1nc2cc(C)c(C)cc2n1S(=O)(=O)c1c(C)cc(C)cc1C. The zero-order chi connectivity index (χ0) is 23.2. The Morgan fingerprint density at radius 2 is 1.50 bits per heavy atom. The Hall–Kier alpha value is -3.12. The van der Waals surface area contributed by atoms with Gasteiger partial charge >= 0.3 is 0 Å². The molecule has 0 spiro atoms. The first-order chi connectivity index (χ1) is 15.1. The summed E-state index contributed by atoms with van der Waals surface area (Å²) in [6.45, 7) is 9.67. The zero-order valence-electron chi connectivity index (χ0n) is 19.4. The maximum absolute atomic E-state index is 14.1. The molecule has 0 atom stereocenters. The molecule has 4 rings (SSSR count). The number of aryl methyl sites for hydroxylation is 5. The van der Waals surface area contributed by atoms with Crippen LogP contribution in [0.15, 0.2) is 53.4 Å². The summed E-state index contributed by atoms with van der Waals surface area (Å²) in [5.74, 6) is 1.17. The summed E-state index contributed by atoms with van der Waals surface area (Å²) < 4.78 is 35.2. The van der Waals surface area contributed by atoms with Gasteiger partial charge < -0.3 is 4.74 Å². The topological polar surface area (TPSA) is 61.2 Å². The van der Waals surface area contributed by atoms with E-state index in [1.807, 2.05) is 83.1 Å². The average Bonchev–Trinajstić information content (AvgIpc) is 3.05. The first kappa shape index (κ1) is 22.1. The number of imidazole rings is 1. The minimum absolute atomic E-state index is 0.333. The highest BCUT2D eigenvalue weighted by Crippen LogP contribution is 2.31. The van der Waals surface area contributed by atoms with E-state index in [-0.39, 0.29) is 0 Å². The van der Waals surface area contributed by atoms with E-state index in [4.69, 9.17) is 9.72 Å². The molecular weight excluding hydrogens is 420 g/mol. The maximum atomic E-state index is 14.1. The molecule has 0 aliphatic rings. The highest BCUT2D eigenvalue weighted by atomic mass is 32.2. The van der Waals surface area contributed by atoms with Crippen LogP contribution in [0.5, 0.6) is 5.75 Å². The number of hydrogen-bond donors (Lipinski definition) is 0. The molecule has 166 valence electrons. The van der Waals surface area contributed by atoms with Crippen molar-refractivity contribution in [2.45, 2.75) is 45.9 Å². The largest absolute Gasteiger partial charge is 0.496 e. The van der Waals surface area contributed by atoms with Gasteiger partial charge in [-0.25, -0.2) is 17.4 Å². The van der Waals surface area contributed by atoms with Crippen molar-refractivity contribution in [1.82, 2.24) is 8.96 Å². The fraction of sp³-hybridized carbons (Fsp3) is 0.269. The second kappa shape index (κ2) is 8.10. The van der Waals surface area contributed by atoms with Crippen LogP contribution in [0.2, 0.25) is 0 Å². The Morgan fingerprint density at radius 3 is 2.16 bits per heavy atom. The van der Waals surface area contributed by atoms with Crippen LogP contribution in [0.25, 0.3) is 11.0 Å². The van der Waals surface area contributed by atoms with Gasteiger partial charge in [-0.3, -0.25) is 0 Å². The molecule has 6 heteroatoms. The minimum atomic E-state index is -3.89. The van der Waals surface area contributed by atoms with E-state index in [0.717, 1.165) is 33.4 Å². The average molecular weight is 449 g/mol. The number of nitrogens with zero attached hydrogens (tertiary/aromatic N) is 2. The maximum Gasteiger partial charge on any atom is 0.270 e. The third-order valence-electron chi connectivity index (χ3n) is 5.94. The van der Waals surface area contributed by atoms with Crippen molar-refractivity contribution in [2.24, 2.45) is 0 Å². The lowest BCUT2D eigenvalue weighted by molar-refractivity contribution is 0.410. The van der Waals surface area contributed by atoms with E-state index < -0.39 is 10.0 Å². The van der Waals surface area contributed by atoms with Crippen LogP contribution in [-0.2, 0) is 16.4 Å². The fourth-order valence-corrected chi connectivity index (χ4v) is 6.33. The minimum Gasteiger partial charge on any atom is -0.496 e. The van der Waals surface area contributed by atoms with Gasteiger partial charge in [0.1, 0.15) is 11.6 Å². The van der Waals surface area contributed by atoms with Crippen LogP contribution in [0.3, 0.4) is 0 Å². The number of rotatable bonds is 5. The smallest absolute Gasteiger partial charge is 0.270 e. The quantitative estimate of drug-likeness (QED) is 0.409. The molecule has 0 bridgehead atoms. The van der Waals surface area contributed by atoms with Crippen molar-refractivity contribution in [3.63, 3.8) is 0 Å². The molecule has 0 radical (unpaired) electrons. The standard InChI is InChI=1S/C26H28N2O3S/c1-16-11-19(4)26(20(5)12-16)32(29,30)28-23-14-18(3)17(2)13-22(23)27-25(28)15-21-9-7-8-10-24(21)31-6/h7-14H,15H2,1-6H3. The molecule has 1 aromatic heterocycles. The molecule has 32 heavy (non-hydrogen) atoms. The molecular formula is C26H28N2O3S. The molecule has 0 N–H and O–H groups in total. The highest BCUT2D eigenvalue weighted by Gasteiger charge is 2.28. The van der Waals surface area contributed by atoms with Gasteiger partial charge in [0.25, 0.3) is 10.0 Å². The number of methoxy groups -OCH3 is 1. The number of aromatic nitrogens is 2. The first-order valence-corrected chi connectivity index (χ1v) is 12.0. The van der Waals surface area contributed by atoms with E-state index in [1.165, 1.54) is 3.97 Å². The number of hydrogen-bond acceptors (Lipinski definition) is 4. The van der Waals surface area contributed by atoms with Crippen LogP contribution in [0, 0.1) is 34.6 Å². The molecule has 5 nitrogen and oxygen atoms in total. The molecule has 0 saturated heterocycles. The predicted molar refractivity (Wildman–Crippen MR) is 128 cm³/mol. The summed E-state index contributed by atoms with van der Waals surface area (Å²) in [6, 6.07) is 15.3.